The molecule has 1 aromatic rings. The molecular formula is C13H20FN3O2S. The summed E-state index contributed by atoms with van der Waals surface area (Å²) in [7, 11) is -3.87. The number of nitrogens with zero attached hydrogens (tertiary/aromatic N) is 1. The van der Waals surface area contributed by atoms with Gasteiger partial charge in [0, 0.05) is 19.1 Å². The van der Waals surface area contributed by atoms with E-state index in [2.05, 4.69) is 5.32 Å². The van der Waals surface area contributed by atoms with Crippen molar-refractivity contribution in [2.45, 2.75) is 30.7 Å². The van der Waals surface area contributed by atoms with Gasteiger partial charge in [-0.2, -0.15) is 0 Å². The molecule has 0 aliphatic carbocycles. The van der Waals surface area contributed by atoms with Crippen molar-refractivity contribution >= 4 is 15.7 Å². The van der Waals surface area contributed by atoms with E-state index < -0.39 is 15.8 Å². The average Bonchev–Trinajstić information content (AvgIpc) is 2.41. The van der Waals surface area contributed by atoms with E-state index in [-0.39, 0.29) is 10.9 Å². The summed E-state index contributed by atoms with van der Waals surface area (Å²) in [6.07, 6.45) is 2.05. The Balaban J connectivity index is 2.30. The number of nitrogens with one attached hydrogen (secondary N) is 1. The van der Waals surface area contributed by atoms with Crippen LogP contribution in [0.25, 0.3) is 0 Å². The fraction of sp³-hybridized carbons (Fsp3) is 0.538. The third-order valence-corrected chi connectivity index (χ3v) is 4.52. The minimum Gasteiger partial charge on any atom is -0.365 e. The highest BCUT2D eigenvalue weighted by Gasteiger charge is 2.23. The number of hydrogen-bond acceptors (Lipinski definition) is 4. The number of hydrogen-bond donors (Lipinski definition) is 2. The topological polar surface area (TPSA) is 75.4 Å². The van der Waals surface area contributed by atoms with Gasteiger partial charge in [-0.05, 0) is 44.5 Å². The SMILES string of the molecule is CCN(c1ccc(S(N)(=O)=O)cc1F)C1CCCNC1. The molecule has 0 spiro atoms. The zero-order valence-electron chi connectivity index (χ0n) is 11.5. The van der Waals surface area contributed by atoms with Gasteiger partial charge < -0.3 is 10.2 Å². The van der Waals surface area contributed by atoms with E-state index in [0.717, 1.165) is 32.0 Å². The maximum absolute atomic E-state index is 14.2. The highest BCUT2D eigenvalue weighted by Crippen LogP contribution is 2.25. The Morgan fingerprint density at radius 1 is 1.50 bits per heavy atom. The van der Waals surface area contributed by atoms with Crippen LogP contribution < -0.4 is 15.4 Å². The van der Waals surface area contributed by atoms with E-state index >= 15 is 0 Å². The molecule has 7 heteroatoms. The van der Waals surface area contributed by atoms with Crippen LogP contribution in [0.3, 0.4) is 0 Å². The molecule has 1 atom stereocenters. The number of benzene rings is 1. The van der Waals surface area contributed by atoms with Crippen molar-refractivity contribution in [3.05, 3.63) is 24.0 Å². The second kappa shape index (κ2) is 6.07. The molecule has 1 unspecified atom stereocenters. The number of anilines is 1. The van der Waals surface area contributed by atoms with Crippen LogP contribution in [0.4, 0.5) is 10.1 Å². The second-order valence-electron chi connectivity index (χ2n) is 4.94. The number of halogens is 1. The summed E-state index contributed by atoms with van der Waals surface area (Å²) in [5.41, 5.74) is 0.425. The van der Waals surface area contributed by atoms with Gasteiger partial charge in [0.05, 0.1) is 10.6 Å². The maximum Gasteiger partial charge on any atom is 0.238 e. The number of primary sulfonamides is 1. The van der Waals surface area contributed by atoms with Crippen molar-refractivity contribution in [1.29, 1.82) is 0 Å². The Morgan fingerprint density at radius 2 is 2.25 bits per heavy atom. The van der Waals surface area contributed by atoms with Crippen LogP contribution in [0, 0.1) is 5.82 Å². The smallest absolute Gasteiger partial charge is 0.238 e. The quantitative estimate of drug-likeness (QED) is 0.871. The predicted molar refractivity (Wildman–Crippen MR) is 76.7 cm³/mol. The number of rotatable bonds is 4. The first-order chi connectivity index (χ1) is 9.43. The Labute approximate surface area is 119 Å². The molecule has 1 fully saturated rings. The lowest BCUT2D eigenvalue weighted by Crippen LogP contribution is -2.46. The summed E-state index contributed by atoms with van der Waals surface area (Å²) in [4.78, 5) is 1.77. The van der Waals surface area contributed by atoms with Crippen molar-refractivity contribution in [2.24, 2.45) is 5.14 Å². The molecule has 1 aliphatic rings. The molecule has 0 saturated carbocycles. The molecule has 0 radical (unpaired) electrons. The Bertz CT molecular complexity index is 571. The number of nitrogens with two attached hydrogens (primary N) is 1. The van der Waals surface area contributed by atoms with Gasteiger partial charge in [0.2, 0.25) is 10.0 Å². The van der Waals surface area contributed by atoms with Crippen LogP contribution in [0.15, 0.2) is 23.1 Å². The summed E-state index contributed by atoms with van der Waals surface area (Å²) < 4.78 is 36.6. The van der Waals surface area contributed by atoms with Crippen molar-refractivity contribution in [2.75, 3.05) is 24.5 Å². The highest BCUT2D eigenvalue weighted by atomic mass is 32.2. The molecule has 0 aromatic heterocycles. The first kappa shape index (κ1) is 15.2. The van der Waals surface area contributed by atoms with Crippen LogP contribution in [-0.4, -0.2) is 34.1 Å². The van der Waals surface area contributed by atoms with Crippen molar-refractivity contribution in [3.8, 4) is 0 Å². The summed E-state index contributed by atoms with van der Waals surface area (Å²) in [5, 5.41) is 8.30. The minimum absolute atomic E-state index is 0.198. The largest absolute Gasteiger partial charge is 0.365 e. The van der Waals surface area contributed by atoms with Crippen molar-refractivity contribution in [1.82, 2.24) is 5.32 Å². The summed E-state index contributed by atoms with van der Waals surface area (Å²) in [6, 6.07) is 4.06. The molecule has 3 N–H and O–H groups in total. The van der Waals surface area contributed by atoms with Gasteiger partial charge in [0.25, 0.3) is 0 Å². The van der Waals surface area contributed by atoms with Crippen LogP contribution in [-0.2, 0) is 10.0 Å². The summed E-state index contributed by atoms with van der Waals surface area (Å²) >= 11 is 0. The van der Waals surface area contributed by atoms with Gasteiger partial charge in [0.1, 0.15) is 5.82 Å². The Kier molecular flexibility index (Phi) is 4.62. The standard InChI is InChI=1S/C13H20FN3O2S/c1-2-17(10-4-3-7-16-9-10)13-6-5-11(8-12(13)14)20(15,18)19/h5-6,8,10,16H,2-4,7,9H2,1H3,(H2,15,18,19). The number of sulfonamides is 1. The molecular weight excluding hydrogens is 281 g/mol. The van der Waals surface area contributed by atoms with E-state index in [1.54, 1.807) is 0 Å². The molecule has 0 bridgehead atoms. The minimum atomic E-state index is -3.87. The Morgan fingerprint density at radius 3 is 2.75 bits per heavy atom. The summed E-state index contributed by atoms with van der Waals surface area (Å²) in [5.74, 6) is -0.552. The normalized spacial score (nSPS) is 19.9. The zero-order chi connectivity index (χ0) is 14.8. The van der Waals surface area contributed by atoms with E-state index in [9.17, 15) is 12.8 Å². The number of piperidine rings is 1. The first-order valence-electron chi connectivity index (χ1n) is 6.73. The van der Waals surface area contributed by atoms with Crippen LogP contribution in [0.5, 0.6) is 0 Å². The van der Waals surface area contributed by atoms with Crippen LogP contribution in [0.1, 0.15) is 19.8 Å². The third-order valence-electron chi connectivity index (χ3n) is 3.61. The molecule has 5 nitrogen and oxygen atoms in total. The average molecular weight is 301 g/mol. The van der Waals surface area contributed by atoms with E-state index in [1.807, 2.05) is 11.8 Å². The van der Waals surface area contributed by atoms with E-state index in [1.165, 1.54) is 12.1 Å². The lowest BCUT2D eigenvalue weighted by atomic mass is 10.0. The van der Waals surface area contributed by atoms with E-state index in [0.29, 0.717) is 12.2 Å². The lowest BCUT2D eigenvalue weighted by molar-refractivity contribution is 0.431. The molecule has 1 heterocycles. The lowest BCUT2D eigenvalue weighted by Gasteiger charge is -2.35. The maximum atomic E-state index is 14.2. The first-order valence-corrected chi connectivity index (χ1v) is 8.28. The summed E-state index contributed by atoms with van der Waals surface area (Å²) in [6.45, 7) is 4.42. The Hall–Kier alpha value is -1.18. The third kappa shape index (κ3) is 3.28. The molecule has 2 rings (SSSR count). The molecule has 0 amide bonds. The van der Waals surface area contributed by atoms with Gasteiger partial charge in [-0.15, -0.1) is 0 Å². The molecule has 112 valence electrons. The predicted octanol–water partition coefficient (Wildman–Crippen LogP) is 1.05. The zero-order valence-corrected chi connectivity index (χ0v) is 12.3. The molecule has 1 aromatic carbocycles. The highest BCUT2D eigenvalue weighted by molar-refractivity contribution is 7.89. The fourth-order valence-corrected chi connectivity index (χ4v) is 3.15. The second-order valence-corrected chi connectivity index (χ2v) is 6.51. The molecule has 1 aliphatic heterocycles. The van der Waals surface area contributed by atoms with Gasteiger partial charge in [-0.25, -0.2) is 17.9 Å². The molecule has 1 saturated heterocycles. The monoisotopic (exact) mass is 301 g/mol. The number of likely N-dealkylation sites (N-methyl/N-ethyl adjacent to an activating group) is 1. The van der Waals surface area contributed by atoms with Crippen molar-refractivity contribution in [3.63, 3.8) is 0 Å². The van der Waals surface area contributed by atoms with Crippen molar-refractivity contribution < 1.29 is 12.8 Å². The van der Waals surface area contributed by atoms with Gasteiger partial charge in [-0.3, -0.25) is 0 Å². The van der Waals surface area contributed by atoms with Crippen LogP contribution >= 0.6 is 0 Å². The van der Waals surface area contributed by atoms with Crippen LogP contribution in [0.2, 0.25) is 0 Å². The fourth-order valence-electron chi connectivity index (χ4n) is 2.62. The van der Waals surface area contributed by atoms with Gasteiger partial charge >= 0.3 is 0 Å². The molecule has 20 heavy (non-hydrogen) atoms. The van der Waals surface area contributed by atoms with E-state index in [4.69, 9.17) is 5.14 Å². The van der Waals surface area contributed by atoms with Gasteiger partial charge in [0.15, 0.2) is 0 Å². The van der Waals surface area contributed by atoms with Gasteiger partial charge in [-0.1, -0.05) is 0 Å².